The van der Waals surface area contributed by atoms with Crippen molar-refractivity contribution in [2.45, 2.75) is 12.6 Å². The largest absolute Gasteiger partial charge is 0.416 e. The Hall–Kier alpha value is -1.51. The molecule has 0 spiro atoms. The molecule has 1 aliphatic heterocycles. The Bertz CT molecular complexity index is 494. The summed E-state index contributed by atoms with van der Waals surface area (Å²) in [6.45, 7) is 4.38. The van der Waals surface area contributed by atoms with Gasteiger partial charge in [-0.3, -0.25) is 4.90 Å². The predicted molar refractivity (Wildman–Crippen MR) is 72.2 cm³/mol. The number of nitrogens with zero attached hydrogens (tertiary/aromatic N) is 1. The molecular formula is C15H17F3N2. The third-order valence-electron chi connectivity index (χ3n) is 3.24. The van der Waals surface area contributed by atoms with Gasteiger partial charge in [-0.05, 0) is 11.6 Å². The van der Waals surface area contributed by atoms with E-state index in [1.54, 1.807) is 6.07 Å². The number of rotatable bonds is 2. The number of hydrogen-bond acceptors (Lipinski definition) is 2. The highest BCUT2D eigenvalue weighted by Crippen LogP contribution is 2.31. The highest BCUT2D eigenvalue weighted by Gasteiger charge is 2.32. The van der Waals surface area contributed by atoms with Gasteiger partial charge in [-0.15, -0.1) is 0 Å². The van der Waals surface area contributed by atoms with E-state index in [2.05, 4.69) is 22.1 Å². The molecule has 2 nitrogen and oxygen atoms in total. The zero-order valence-corrected chi connectivity index (χ0v) is 11.1. The van der Waals surface area contributed by atoms with Crippen molar-refractivity contribution in [3.05, 3.63) is 35.4 Å². The van der Waals surface area contributed by atoms with Gasteiger partial charge in [-0.2, -0.15) is 13.2 Å². The zero-order valence-electron chi connectivity index (χ0n) is 11.1. The summed E-state index contributed by atoms with van der Waals surface area (Å²) in [5.74, 6) is 5.81. The minimum atomic E-state index is -4.31. The number of alkyl halides is 3. The van der Waals surface area contributed by atoms with E-state index in [0.717, 1.165) is 32.2 Å². The quantitative estimate of drug-likeness (QED) is 0.836. The molecule has 0 amide bonds. The van der Waals surface area contributed by atoms with Gasteiger partial charge in [0.1, 0.15) is 0 Å². The highest BCUT2D eigenvalue weighted by molar-refractivity contribution is 5.32. The first kappa shape index (κ1) is 14.9. The number of hydrogen-bond donors (Lipinski definition) is 1. The van der Waals surface area contributed by atoms with Crippen molar-refractivity contribution in [3.63, 3.8) is 0 Å². The Morgan fingerprint density at radius 3 is 2.50 bits per heavy atom. The van der Waals surface area contributed by atoms with Crippen LogP contribution in [-0.4, -0.2) is 37.6 Å². The van der Waals surface area contributed by atoms with Crippen LogP contribution < -0.4 is 5.32 Å². The molecule has 2 rings (SSSR count). The lowest BCUT2D eigenvalue weighted by Gasteiger charge is -2.24. The van der Waals surface area contributed by atoms with Crippen LogP contribution in [0.25, 0.3) is 0 Å². The molecule has 1 aromatic carbocycles. The van der Waals surface area contributed by atoms with E-state index in [9.17, 15) is 13.2 Å². The summed E-state index contributed by atoms with van der Waals surface area (Å²) in [6, 6.07) is 5.61. The van der Waals surface area contributed by atoms with Crippen LogP contribution in [0.4, 0.5) is 13.2 Å². The summed E-state index contributed by atoms with van der Waals surface area (Å²) in [7, 11) is 0. The van der Waals surface area contributed by atoms with E-state index >= 15 is 0 Å². The van der Waals surface area contributed by atoms with Gasteiger partial charge in [-0.1, -0.05) is 30.0 Å². The molecule has 0 saturated carbocycles. The third-order valence-corrected chi connectivity index (χ3v) is 3.24. The molecule has 1 heterocycles. The molecule has 0 bridgehead atoms. The lowest BCUT2D eigenvalue weighted by molar-refractivity contribution is -0.138. The van der Waals surface area contributed by atoms with E-state index in [-0.39, 0.29) is 12.0 Å². The topological polar surface area (TPSA) is 15.3 Å². The first-order chi connectivity index (χ1) is 9.57. The van der Waals surface area contributed by atoms with Gasteiger partial charge in [0, 0.05) is 32.6 Å². The minimum absolute atomic E-state index is 0.141. The van der Waals surface area contributed by atoms with Gasteiger partial charge in [0.25, 0.3) is 0 Å². The fourth-order valence-corrected chi connectivity index (χ4v) is 2.15. The summed E-state index contributed by atoms with van der Waals surface area (Å²) in [5.41, 5.74) is -0.343. The number of nitrogens with one attached hydrogen (secondary N) is 1. The van der Waals surface area contributed by atoms with Crippen LogP contribution in [0.5, 0.6) is 0 Å². The summed E-state index contributed by atoms with van der Waals surface area (Å²) in [5, 5.41) is 3.24. The van der Waals surface area contributed by atoms with Gasteiger partial charge in [-0.25, -0.2) is 0 Å². The Labute approximate surface area is 117 Å². The predicted octanol–water partition coefficient (Wildman–Crippen LogP) is 2.16. The summed E-state index contributed by atoms with van der Waals surface area (Å²) >= 11 is 0. The van der Waals surface area contributed by atoms with E-state index in [0.29, 0.717) is 6.54 Å². The first-order valence-electron chi connectivity index (χ1n) is 6.61. The number of benzene rings is 1. The van der Waals surface area contributed by atoms with Crippen molar-refractivity contribution >= 4 is 0 Å². The van der Waals surface area contributed by atoms with Gasteiger partial charge < -0.3 is 5.32 Å². The van der Waals surface area contributed by atoms with Crippen LogP contribution in [0.1, 0.15) is 11.1 Å². The molecular weight excluding hydrogens is 265 g/mol. The maximum atomic E-state index is 12.8. The van der Waals surface area contributed by atoms with Gasteiger partial charge in [0.15, 0.2) is 0 Å². The van der Waals surface area contributed by atoms with Crippen LogP contribution in [0.15, 0.2) is 24.3 Å². The van der Waals surface area contributed by atoms with Gasteiger partial charge in [0.2, 0.25) is 0 Å². The van der Waals surface area contributed by atoms with Crippen molar-refractivity contribution in [1.82, 2.24) is 10.2 Å². The van der Waals surface area contributed by atoms with Crippen molar-refractivity contribution in [2.75, 3.05) is 32.7 Å². The normalized spacial score (nSPS) is 16.6. The Balaban J connectivity index is 1.94. The summed E-state index contributed by atoms with van der Waals surface area (Å²) in [4.78, 5) is 2.19. The van der Waals surface area contributed by atoms with Gasteiger partial charge in [0.05, 0.1) is 12.1 Å². The first-order valence-corrected chi connectivity index (χ1v) is 6.61. The molecule has 1 saturated heterocycles. The van der Waals surface area contributed by atoms with Crippen LogP contribution in [-0.2, 0) is 12.6 Å². The molecule has 0 atom stereocenters. The van der Waals surface area contributed by atoms with Crippen molar-refractivity contribution in [2.24, 2.45) is 0 Å². The standard InChI is InChI=1S/C15H17F3N2/c16-15(17,18)14-7-2-1-5-13(14)6-3-4-10-20-11-8-19-9-12-20/h1-2,5,7,19H,6,8-12H2. The molecule has 1 fully saturated rings. The Morgan fingerprint density at radius 1 is 1.10 bits per heavy atom. The minimum Gasteiger partial charge on any atom is -0.314 e. The fraction of sp³-hybridized carbons (Fsp3) is 0.467. The van der Waals surface area contributed by atoms with Crippen molar-refractivity contribution in [3.8, 4) is 11.8 Å². The zero-order chi connectivity index (χ0) is 14.4. The van der Waals surface area contributed by atoms with Crippen LogP contribution in [0, 0.1) is 11.8 Å². The van der Waals surface area contributed by atoms with Crippen LogP contribution >= 0.6 is 0 Å². The fourth-order valence-electron chi connectivity index (χ4n) is 2.15. The van der Waals surface area contributed by atoms with Crippen molar-refractivity contribution < 1.29 is 13.2 Å². The molecule has 0 radical (unpaired) electrons. The molecule has 1 aromatic rings. The Morgan fingerprint density at radius 2 is 1.80 bits per heavy atom. The molecule has 0 aromatic heterocycles. The molecule has 5 heteroatoms. The summed E-state index contributed by atoms with van der Waals surface area (Å²) < 4.78 is 38.4. The molecule has 1 aliphatic rings. The lowest BCUT2D eigenvalue weighted by Crippen LogP contribution is -2.43. The number of halogens is 3. The second-order valence-corrected chi connectivity index (χ2v) is 4.71. The number of piperazine rings is 1. The van der Waals surface area contributed by atoms with E-state index in [1.165, 1.54) is 12.1 Å². The molecule has 1 N–H and O–H groups in total. The molecule has 0 aliphatic carbocycles. The van der Waals surface area contributed by atoms with E-state index in [4.69, 9.17) is 0 Å². The third kappa shape index (κ3) is 4.26. The highest BCUT2D eigenvalue weighted by atomic mass is 19.4. The summed E-state index contributed by atoms with van der Waals surface area (Å²) in [6.07, 6.45) is -4.17. The molecule has 20 heavy (non-hydrogen) atoms. The SMILES string of the molecule is FC(F)(F)c1ccccc1CC#CCN1CCNCC1. The maximum Gasteiger partial charge on any atom is 0.416 e. The monoisotopic (exact) mass is 282 g/mol. The average molecular weight is 282 g/mol. The van der Waals surface area contributed by atoms with Crippen LogP contribution in [0.2, 0.25) is 0 Å². The van der Waals surface area contributed by atoms with Crippen LogP contribution in [0.3, 0.4) is 0 Å². The second-order valence-electron chi connectivity index (χ2n) is 4.71. The average Bonchev–Trinajstić information content (AvgIpc) is 2.44. The maximum absolute atomic E-state index is 12.8. The Kier molecular flexibility index (Phi) is 5.05. The second kappa shape index (κ2) is 6.78. The van der Waals surface area contributed by atoms with E-state index < -0.39 is 11.7 Å². The van der Waals surface area contributed by atoms with Gasteiger partial charge >= 0.3 is 6.18 Å². The molecule has 108 valence electrons. The smallest absolute Gasteiger partial charge is 0.314 e. The lowest BCUT2D eigenvalue weighted by atomic mass is 10.0. The van der Waals surface area contributed by atoms with E-state index in [1.807, 2.05) is 0 Å². The molecule has 0 unspecified atom stereocenters. The van der Waals surface area contributed by atoms with Crippen molar-refractivity contribution in [1.29, 1.82) is 0 Å².